The van der Waals surface area contributed by atoms with E-state index in [1.807, 2.05) is 13.0 Å². The number of amides is 3. The summed E-state index contributed by atoms with van der Waals surface area (Å²) in [5.74, 6) is -2.73. The molecule has 1 heterocycles. The van der Waals surface area contributed by atoms with Gasteiger partial charge in [0.25, 0.3) is 11.8 Å². The van der Waals surface area contributed by atoms with Gasteiger partial charge < -0.3 is 10.1 Å². The van der Waals surface area contributed by atoms with Crippen LogP contribution in [-0.2, 0) is 19.1 Å². The van der Waals surface area contributed by atoms with Crippen LogP contribution in [0.1, 0.15) is 22.3 Å². The highest BCUT2D eigenvalue weighted by Gasteiger charge is 2.36. The lowest BCUT2D eigenvalue weighted by Gasteiger charge is -2.17. The van der Waals surface area contributed by atoms with Crippen LogP contribution in [-0.4, -0.2) is 41.9 Å². The van der Waals surface area contributed by atoms with Gasteiger partial charge in [-0.15, -0.1) is 0 Å². The fraction of sp³-hybridized carbons (Fsp3) is 0.238. The average molecular weight is 474 g/mol. The van der Waals surface area contributed by atoms with Crippen LogP contribution < -0.4 is 10.7 Å². The molecule has 1 aliphatic rings. The number of aryl methyl sites for hydroxylation is 1. The number of halogens is 1. The summed E-state index contributed by atoms with van der Waals surface area (Å²) in [6.45, 7) is 1.38. The monoisotopic (exact) mass is 473 g/mol. The molecule has 156 valence electrons. The minimum absolute atomic E-state index is 0.0104. The van der Waals surface area contributed by atoms with Crippen molar-refractivity contribution in [3.63, 3.8) is 0 Å². The Morgan fingerprint density at radius 2 is 1.90 bits per heavy atom. The number of ether oxygens (including phenoxy) is 1. The summed E-state index contributed by atoms with van der Waals surface area (Å²) in [5, 5.41) is 3.72. The van der Waals surface area contributed by atoms with E-state index in [1.54, 1.807) is 42.5 Å². The Bertz CT molecular complexity index is 977. The molecule has 0 bridgehead atoms. The lowest BCUT2D eigenvalue weighted by molar-refractivity contribution is -0.151. The molecule has 0 radical (unpaired) electrons. The molecule has 2 N–H and O–H groups in total. The smallest absolute Gasteiger partial charge is 0.311 e. The van der Waals surface area contributed by atoms with Crippen molar-refractivity contribution in [1.29, 1.82) is 0 Å². The zero-order valence-corrected chi connectivity index (χ0v) is 17.8. The maximum atomic E-state index is 12.3. The summed E-state index contributed by atoms with van der Waals surface area (Å²) in [7, 11) is 0. The number of nitrogens with one attached hydrogen (secondary N) is 2. The lowest BCUT2D eigenvalue weighted by Crippen LogP contribution is -2.43. The first kappa shape index (κ1) is 21.5. The van der Waals surface area contributed by atoms with Crippen LogP contribution in [0.15, 0.2) is 53.0 Å². The maximum Gasteiger partial charge on any atom is 0.311 e. The molecule has 3 amide bonds. The molecule has 0 aliphatic carbocycles. The lowest BCUT2D eigenvalue weighted by atomic mass is 10.1. The van der Waals surface area contributed by atoms with E-state index in [0.717, 1.165) is 15.0 Å². The van der Waals surface area contributed by atoms with E-state index in [-0.39, 0.29) is 13.0 Å². The quantitative estimate of drug-likeness (QED) is 0.626. The molecule has 1 fully saturated rings. The molecule has 0 saturated carbocycles. The van der Waals surface area contributed by atoms with Crippen LogP contribution in [0, 0.1) is 12.8 Å². The molecule has 2 aromatic rings. The van der Waals surface area contributed by atoms with Gasteiger partial charge in [-0.05, 0) is 43.3 Å². The van der Waals surface area contributed by atoms with Gasteiger partial charge in [-0.1, -0.05) is 33.6 Å². The normalized spacial score (nSPS) is 15.6. The molecular formula is C21H20BrN3O5. The number of benzene rings is 2. The number of hydrazine groups is 1. The number of hydrogen-bond donors (Lipinski definition) is 2. The molecular weight excluding hydrogens is 454 g/mol. The third-order valence-corrected chi connectivity index (χ3v) is 4.98. The van der Waals surface area contributed by atoms with Crippen molar-refractivity contribution in [2.45, 2.75) is 13.3 Å². The molecule has 8 nitrogen and oxygen atoms in total. The number of anilines is 1. The standard InChI is InChI=1S/C21H20BrN3O5/c1-13-3-2-4-14(9-13)20(28)24-25-11-15(10-19(25)27)21(29)30-12-18(26)23-17-7-5-16(22)6-8-17/h2-9,15H,10-12H2,1H3,(H,23,26)(H,24,28)/t15-/m0/s1. The van der Waals surface area contributed by atoms with E-state index in [0.29, 0.717) is 11.3 Å². The van der Waals surface area contributed by atoms with Gasteiger partial charge in [-0.3, -0.25) is 29.6 Å². The number of carbonyl (C=O) groups is 4. The number of rotatable bonds is 6. The topological polar surface area (TPSA) is 105 Å². The number of nitrogens with zero attached hydrogens (tertiary/aromatic N) is 1. The predicted molar refractivity (Wildman–Crippen MR) is 112 cm³/mol. The van der Waals surface area contributed by atoms with Crippen molar-refractivity contribution in [3.8, 4) is 0 Å². The molecule has 1 saturated heterocycles. The Labute approximate surface area is 181 Å². The first-order valence-corrected chi connectivity index (χ1v) is 10.0. The molecule has 1 atom stereocenters. The minimum atomic E-state index is -0.754. The first-order chi connectivity index (χ1) is 14.3. The highest BCUT2D eigenvalue weighted by atomic mass is 79.9. The van der Waals surface area contributed by atoms with Crippen molar-refractivity contribution in [3.05, 3.63) is 64.1 Å². The Balaban J connectivity index is 1.47. The number of esters is 1. The second kappa shape index (κ2) is 9.53. The van der Waals surface area contributed by atoms with Gasteiger partial charge in [-0.2, -0.15) is 0 Å². The summed E-state index contributed by atoms with van der Waals surface area (Å²) in [4.78, 5) is 48.6. The van der Waals surface area contributed by atoms with Crippen LogP contribution in [0.25, 0.3) is 0 Å². The largest absolute Gasteiger partial charge is 0.455 e. The van der Waals surface area contributed by atoms with Gasteiger partial charge in [0.2, 0.25) is 5.91 Å². The predicted octanol–water partition coefficient (Wildman–Crippen LogP) is 2.43. The van der Waals surface area contributed by atoms with E-state index >= 15 is 0 Å². The van der Waals surface area contributed by atoms with Crippen molar-refractivity contribution < 1.29 is 23.9 Å². The van der Waals surface area contributed by atoms with Gasteiger partial charge in [0, 0.05) is 22.1 Å². The molecule has 0 aromatic heterocycles. The third-order valence-electron chi connectivity index (χ3n) is 4.45. The van der Waals surface area contributed by atoms with Gasteiger partial charge in [0.15, 0.2) is 6.61 Å². The van der Waals surface area contributed by atoms with Crippen LogP contribution >= 0.6 is 15.9 Å². The molecule has 1 aliphatic heterocycles. The van der Waals surface area contributed by atoms with E-state index < -0.39 is 36.2 Å². The third kappa shape index (κ3) is 5.66. The maximum absolute atomic E-state index is 12.3. The molecule has 3 rings (SSSR count). The van der Waals surface area contributed by atoms with Crippen molar-refractivity contribution in [2.75, 3.05) is 18.5 Å². The Morgan fingerprint density at radius 1 is 1.17 bits per heavy atom. The SMILES string of the molecule is Cc1cccc(C(=O)NN2C[C@@H](C(=O)OCC(=O)Nc3ccc(Br)cc3)CC2=O)c1. The fourth-order valence-electron chi connectivity index (χ4n) is 2.93. The van der Waals surface area contributed by atoms with Crippen LogP contribution in [0.4, 0.5) is 5.69 Å². The van der Waals surface area contributed by atoms with E-state index in [1.165, 1.54) is 0 Å². The summed E-state index contributed by atoms with van der Waals surface area (Å²) >= 11 is 3.30. The van der Waals surface area contributed by atoms with Crippen molar-refractivity contribution in [1.82, 2.24) is 10.4 Å². The van der Waals surface area contributed by atoms with Crippen molar-refractivity contribution >= 4 is 45.3 Å². The molecule has 2 aromatic carbocycles. The Hall–Kier alpha value is -3.20. The Kier molecular flexibility index (Phi) is 6.83. The van der Waals surface area contributed by atoms with Crippen LogP contribution in [0.3, 0.4) is 0 Å². The minimum Gasteiger partial charge on any atom is -0.455 e. The van der Waals surface area contributed by atoms with Crippen LogP contribution in [0.2, 0.25) is 0 Å². The molecule has 30 heavy (non-hydrogen) atoms. The van der Waals surface area contributed by atoms with Crippen LogP contribution in [0.5, 0.6) is 0 Å². The number of hydrogen-bond acceptors (Lipinski definition) is 5. The Morgan fingerprint density at radius 3 is 2.60 bits per heavy atom. The average Bonchev–Trinajstić information content (AvgIpc) is 3.08. The first-order valence-electron chi connectivity index (χ1n) is 9.22. The van der Waals surface area contributed by atoms with Crippen molar-refractivity contribution in [2.24, 2.45) is 5.92 Å². The molecule has 0 unspecified atom stereocenters. The fourth-order valence-corrected chi connectivity index (χ4v) is 3.20. The highest BCUT2D eigenvalue weighted by molar-refractivity contribution is 9.10. The summed E-state index contributed by atoms with van der Waals surface area (Å²) in [6, 6.07) is 13.9. The summed E-state index contributed by atoms with van der Waals surface area (Å²) < 4.78 is 5.91. The van der Waals surface area contributed by atoms with Gasteiger partial charge in [0.05, 0.1) is 12.5 Å². The van der Waals surface area contributed by atoms with E-state index in [4.69, 9.17) is 4.74 Å². The van der Waals surface area contributed by atoms with Gasteiger partial charge >= 0.3 is 5.97 Å². The van der Waals surface area contributed by atoms with Gasteiger partial charge in [-0.25, -0.2) is 0 Å². The highest BCUT2D eigenvalue weighted by Crippen LogP contribution is 2.18. The zero-order chi connectivity index (χ0) is 21.7. The zero-order valence-electron chi connectivity index (χ0n) is 16.2. The number of carbonyl (C=O) groups excluding carboxylic acids is 4. The second-order valence-corrected chi connectivity index (χ2v) is 7.79. The molecule has 9 heteroatoms. The summed E-state index contributed by atoms with van der Waals surface area (Å²) in [6.07, 6.45) is -0.0960. The van der Waals surface area contributed by atoms with E-state index in [2.05, 4.69) is 26.7 Å². The van der Waals surface area contributed by atoms with E-state index in [9.17, 15) is 19.2 Å². The van der Waals surface area contributed by atoms with Gasteiger partial charge in [0.1, 0.15) is 0 Å². The second-order valence-electron chi connectivity index (χ2n) is 6.88. The molecule has 0 spiro atoms. The summed E-state index contributed by atoms with van der Waals surface area (Å²) in [5.41, 5.74) is 4.41.